The van der Waals surface area contributed by atoms with E-state index in [-0.39, 0.29) is 0 Å². The van der Waals surface area contributed by atoms with Gasteiger partial charge in [0.25, 0.3) is 0 Å². The Morgan fingerprint density at radius 3 is 2.50 bits per heavy atom. The average molecular weight is 238 g/mol. The van der Waals surface area contributed by atoms with E-state index < -0.39 is 0 Å². The molecule has 1 aromatic rings. The van der Waals surface area contributed by atoms with E-state index >= 15 is 0 Å². The molecule has 0 aromatic carbocycles. The van der Waals surface area contributed by atoms with Crippen molar-refractivity contribution in [2.75, 3.05) is 0 Å². The Morgan fingerprint density at radius 1 is 1.31 bits per heavy atom. The summed E-state index contributed by atoms with van der Waals surface area (Å²) in [6.45, 7) is 9.85. The van der Waals surface area contributed by atoms with E-state index in [0.717, 1.165) is 12.5 Å². The van der Waals surface area contributed by atoms with Crippen LogP contribution in [0.15, 0.2) is 0 Å². The molecule has 1 aromatic heterocycles. The summed E-state index contributed by atoms with van der Waals surface area (Å²) >= 11 is 1.93. The lowest BCUT2D eigenvalue weighted by atomic mass is 10.1. The van der Waals surface area contributed by atoms with Crippen LogP contribution in [0.2, 0.25) is 0 Å². The predicted octanol–water partition coefficient (Wildman–Crippen LogP) is 3.64. The third kappa shape index (κ3) is 2.83. The van der Waals surface area contributed by atoms with Crippen molar-refractivity contribution in [1.82, 2.24) is 10.3 Å². The number of aromatic nitrogens is 1. The van der Waals surface area contributed by atoms with E-state index in [1.165, 1.54) is 28.4 Å². The Kier molecular flexibility index (Phi) is 3.65. The molecular weight excluding hydrogens is 216 g/mol. The van der Waals surface area contributed by atoms with Gasteiger partial charge in [0.1, 0.15) is 0 Å². The van der Waals surface area contributed by atoms with Crippen LogP contribution in [-0.4, -0.2) is 11.0 Å². The number of rotatable bonds is 5. The monoisotopic (exact) mass is 238 g/mol. The first-order chi connectivity index (χ1) is 7.58. The highest BCUT2D eigenvalue weighted by Gasteiger charge is 2.28. The standard InChI is InChI=1S/C13H22N2S/c1-8(2)12-11(7-14-9(3)4)16-13(15-12)10-5-6-10/h8-10,14H,5-7H2,1-4H3. The van der Waals surface area contributed by atoms with E-state index in [9.17, 15) is 0 Å². The maximum Gasteiger partial charge on any atom is 0.0962 e. The lowest BCUT2D eigenvalue weighted by molar-refractivity contribution is 0.588. The van der Waals surface area contributed by atoms with Crippen LogP contribution in [0.1, 0.15) is 68.0 Å². The van der Waals surface area contributed by atoms with E-state index in [1.807, 2.05) is 11.3 Å². The molecule has 0 unspecified atom stereocenters. The molecule has 0 radical (unpaired) electrons. The molecule has 90 valence electrons. The number of hydrogen-bond donors (Lipinski definition) is 1. The normalized spacial score (nSPS) is 16.4. The van der Waals surface area contributed by atoms with Crippen molar-refractivity contribution in [3.05, 3.63) is 15.6 Å². The molecule has 1 N–H and O–H groups in total. The van der Waals surface area contributed by atoms with Crippen LogP contribution in [0.5, 0.6) is 0 Å². The van der Waals surface area contributed by atoms with Crippen molar-refractivity contribution in [1.29, 1.82) is 0 Å². The van der Waals surface area contributed by atoms with Crippen LogP contribution in [-0.2, 0) is 6.54 Å². The highest BCUT2D eigenvalue weighted by atomic mass is 32.1. The van der Waals surface area contributed by atoms with Crippen LogP contribution in [0.3, 0.4) is 0 Å². The van der Waals surface area contributed by atoms with Gasteiger partial charge in [-0.25, -0.2) is 4.98 Å². The highest BCUT2D eigenvalue weighted by Crippen LogP contribution is 2.43. The lowest BCUT2D eigenvalue weighted by Gasteiger charge is -2.09. The first kappa shape index (κ1) is 12.1. The molecule has 0 saturated heterocycles. The van der Waals surface area contributed by atoms with E-state index in [1.54, 1.807) is 0 Å². The van der Waals surface area contributed by atoms with Crippen LogP contribution < -0.4 is 5.32 Å². The van der Waals surface area contributed by atoms with E-state index in [0.29, 0.717) is 12.0 Å². The topological polar surface area (TPSA) is 24.9 Å². The summed E-state index contributed by atoms with van der Waals surface area (Å²) in [5.41, 5.74) is 1.32. The summed E-state index contributed by atoms with van der Waals surface area (Å²) in [6, 6.07) is 0.548. The number of nitrogens with zero attached hydrogens (tertiary/aromatic N) is 1. The van der Waals surface area contributed by atoms with Gasteiger partial charge < -0.3 is 5.32 Å². The van der Waals surface area contributed by atoms with Crippen molar-refractivity contribution in [2.45, 2.75) is 65.0 Å². The third-order valence-corrected chi connectivity index (χ3v) is 4.12. The second-order valence-electron chi connectivity index (χ2n) is 5.33. The Hall–Kier alpha value is -0.410. The second kappa shape index (κ2) is 4.84. The Balaban J connectivity index is 2.13. The Labute approximate surface area is 102 Å². The van der Waals surface area contributed by atoms with Gasteiger partial charge in [-0.3, -0.25) is 0 Å². The fourth-order valence-electron chi connectivity index (χ4n) is 1.76. The van der Waals surface area contributed by atoms with Crippen molar-refractivity contribution >= 4 is 11.3 Å². The van der Waals surface area contributed by atoms with Crippen LogP contribution in [0, 0.1) is 0 Å². The Morgan fingerprint density at radius 2 is 2.00 bits per heavy atom. The smallest absolute Gasteiger partial charge is 0.0962 e. The molecule has 0 spiro atoms. The molecular formula is C13H22N2S. The third-order valence-electron chi connectivity index (χ3n) is 2.89. The van der Waals surface area contributed by atoms with Gasteiger partial charge in [-0.05, 0) is 18.8 Å². The summed E-state index contributed by atoms with van der Waals surface area (Å²) in [5, 5.41) is 4.88. The van der Waals surface area contributed by atoms with Crippen molar-refractivity contribution in [3.63, 3.8) is 0 Å². The average Bonchev–Trinajstić information content (AvgIpc) is 2.95. The molecule has 16 heavy (non-hydrogen) atoms. The first-order valence-electron chi connectivity index (χ1n) is 6.30. The van der Waals surface area contributed by atoms with Gasteiger partial charge in [0.2, 0.25) is 0 Å². The highest BCUT2D eigenvalue weighted by molar-refractivity contribution is 7.11. The van der Waals surface area contributed by atoms with Gasteiger partial charge in [0.15, 0.2) is 0 Å². The zero-order chi connectivity index (χ0) is 11.7. The van der Waals surface area contributed by atoms with Gasteiger partial charge >= 0.3 is 0 Å². The zero-order valence-corrected chi connectivity index (χ0v) is 11.5. The molecule has 0 aliphatic heterocycles. The molecule has 2 nitrogen and oxygen atoms in total. The van der Waals surface area contributed by atoms with Gasteiger partial charge in [-0.1, -0.05) is 27.7 Å². The number of thiazole rings is 1. The second-order valence-corrected chi connectivity index (χ2v) is 6.44. The molecule has 2 rings (SSSR count). The van der Waals surface area contributed by atoms with E-state index in [2.05, 4.69) is 33.0 Å². The van der Waals surface area contributed by atoms with Gasteiger partial charge in [0.05, 0.1) is 10.7 Å². The molecule has 3 heteroatoms. The summed E-state index contributed by atoms with van der Waals surface area (Å²) in [5.74, 6) is 1.34. The zero-order valence-electron chi connectivity index (χ0n) is 10.7. The lowest BCUT2D eigenvalue weighted by Crippen LogP contribution is -2.22. The molecule has 1 saturated carbocycles. The van der Waals surface area contributed by atoms with Crippen molar-refractivity contribution < 1.29 is 0 Å². The number of hydrogen-bond acceptors (Lipinski definition) is 3. The maximum absolute atomic E-state index is 4.83. The van der Waals surface area contributed by atoms with Crippen molar-refractivity contribution in [3.8, 4) is 0 Å². The predicted molar refractivity (Wildman–Crippen MR) is 70.2 cm³/mol. The SMILES string of the molecule is CC(C)NCc1sc(C2CC2)nc1C(C)C. The summed E-state index contributed by atoms with van der Waals surface area (Å²) in [6.07, 6.45) is 2.70. The molecule has 1 aliphatic carbocycles. The van der Waals surface area contributed by atoms with Crippen LogP contribution in [0.25, 0.3) is 0 Å². The van der Waals surface area contributed by atoms with Gasteiger partial charge in [0, 0.05) is 23.4 Å². The van der Waals surface area contributed by atoms with Crippen molar-refractivity contribution in [2.24, 2.45) is 0 Å². The molecule has 0 amide bonds. The van der Waals surface area contributed by atoms with Crippen LogP contribution >= 0.6 is 11.3 Å². The van der Waals surface area contributed by atoms with E-state index in [4.69, 9.17) is 4.98 Å². The summed E-state index contributed by atoms with van der Waals surface area (Å²) in [7, 11) is 0. The van der Waals surface area contributed by atoms with Gasteiger partial charge in [-0.2, -0.15) is 0 Å². The molecule has 0 bridgehead atoms. The molecule has 1 aliphatic rings. The quantitative estimate of drug-likeness (QED) is 0.847. The largest absolute Gasteiger partial charge is 0.310 e. The van der Waals surface area contributed by atoms with Crippen LogP contribution in [0.4, 0.5) is 0 Å². The summed E-state index contributed by atoms with van der Waals surface area (Å²) in [4.78, 5) is 6.28. The minimum Gasteiger partial charge on any atom is -0.310 e. The minimum absolute atomic E-state index is 0.548. The fraction of sp³-hybridized carbons (Fsp3) is 0.769. The Bertz CT molecular complexity index is 351. The molecule has 1 fully saturated rings. The number of nitrogens with one attached hydrogen (secondary N) is 1. The maximum atomic E-state index is 4.83. The molecule has 0 atom stereocenters. The molecule has 1 heterocycles. The summed E-state index contributed by atoms with van der Waals surface area (Å²) < 4.78 is 0. The van der Waals surface area contributed by atoms with Gasteiger partial charge in [-0.15, -0.1) is 11.3 Å². The minimum atomic E-state index is 0.548. The first-order valence-corrected chi connectivity index (χ1v) is 7.12. The fourth-order valence-corrected chi connectivity index (χ4v) is 3.10.